The van der Waals surface area contributed by atoms with E-state index < -0.39 is 0 Å². The average Bonchev–Trinajstić information content (AvgIpc) is 2.04. The zero-order chi connectivity index (χ0) is 8.55. The van der Waals surface area contributed by atoms with Gasteiger partial charge in [0.15, 0.2) is 0 Å². The molecule has 0 radical (unpaired) electrons. The van der Waals surface area contributed by atoms with Crippen molar-refractivity contribution >= 4 is 6.09 Å². The minimum absolute atomic E-state index is 0.0987. The topological polar surface area (TPSA) is 29.5 Å². The minimum atomic E-state index is -0.0987. The van der Waals surface area contributed by atoms with Gasteiger partial charge in [-0.05, 0) is 26.2 Å². The van der Waals surface area contributed by atoms with E-state index in [2.05, 4.69) is 0 Å². The van der Waals surface area contributed by atoms with Crippen LogP contribution in [0.4, 0.5) is 4.79 Å². The van der Waals surface area contributed by atoms with E-state index in [1.165, 1.54) is 12.8 Å². The third-order valence-corrected chi connectivity index (χ3v) is 2.77. The second-order valence-electron chi connectivity index (χ2n) is 3.77. The maximum absolute atomic E-state index is 11.3. The Balaban J connectivity index is 2.06. The molecule has 1 amide bonds. The maximum atomic E-state index is 11.3. The number of piperidine rings is 1. The van der Waals surface area contributed by atoms with Gasteiger partial charge in [-0.25, -0.2) is 4.79 Å². The molecule has 12 heavy (non-hydrogen) atoms. The van der Waals surface area contributed by atoms with Gasteiger partial charge in [0.25, 0.3) is 0 Å². The van der Waals surface area contributed by atoms with Crippen LogP contribution in [-0.2, 0) is 4.74 Å². The van der Waals surface area contributed by atoms with Crippen LogP contribution in [0.1, 0.15) is 32.6 Å². The van der Waals surface area contributed by atoms with Gasteiger partial charge in [-0.3, -0.25) is 0 Å². The van der Waals surface area contributed by atoms with E-state index in [0.29, 0.717) is 6.04 Å². The van der Waals surface area contributed by atoms with E-state index >= 15 is 0 Å². The lowest BCUT2D eigenvalue weighted by Gasteiger charge is -2.40. The predicted molar refractivity (Wildman–Crippen MR) is 44.9 cm³/mol. The lowest BCUT2D eigenvalue weighted by molar-refractivity contribution is -0.00551. The third-order valence-electron chi connectivity index (χ3n) is 2.77. The first-order chi connectivity index (χ1) is 5.77. The second-order valence-corrected chi connectivity index (χ2v) is 3.77. The number of rotatable bonds is 0. The molecule has 2 atom stereocenters. The fraction of sp³-hybridized carbons (Fsp3) is 0.889. The SMILES string of the molecule is C[C@@H]1C[C@H]2CCCCN2C(=O)O1. The molecule has 0 aromatic carbocycles. The van der Waals surface area contributed by atoms with Gasteiger partial charge in [-0.2, -0.15) is 0 Å². The summed E-state index contributed by atoms with van der Waals surface area (Å²) in [5.41, 5.74) is 0. The highest BCUT2D eigenvalue weighted by molar-refractivity contribution is 5.69. The van der Waals surface area contributed by atoms with Crippen LogP contribution >= 0.6 is 0 Å². The normalized spacial score (nSPS) is 35.8. The zero-order valence-corrected chi connectivity index (χ0v) is 7.45. The molecule has 0 aromatic heterocycles. The van der Waals surface area contributed by atoms with Crippen molar-refractivity contribution in [2.24, 2.45) is 0 Å². The molecule has 3 nitrogen and oxygen atoms in total. The molecule has 2 heterocycles. The monoisotopic (exact) mass is 169 g/mol. The lowest BCUT2D eigenvalue weighted by atomic mass is 9.96. The molecule has 0 saturated carbocycles. The summed E-state index contributed by atoms with van der Waals surface area (Å²) in [6.45, 7) is 2.88. The van der Waals surface area contributed by atoms with Crippen LogP contribution in [0.2, 0.25) is 0 Å². The lowest BCUT2D eigenvalue weighted by Crippen LogP contribution is -2.50. The Morgan fingerprint density at radius 2 is 2.33 bits per heavy atom. The first kappa shape index (κ1) is 7.90. The van der Waals surface area contributed by atoms with E-state index in [0.717, 1.165) is 19.4 Å². The summed E-state index contributed by atoms with van der Waals surface area (Å²) in [4.78, 5) is 13.2. The van der Waals surface area contributed by atoms with E-state index in [9.17, 15) is 4.79 Å². The summed E-state index contributed by atoms with van der Waals surface area (Å²) in [6.07, 6.45) is 4.61. The number of ether oxygens (including phenoxy) is 1. The molecule has 2 aliphatic heterocycles. The molecule has 0 bridgehead atoms. The van der Waals surface area contributed by atoms with Crippen LogP contribution in [0, 0.1) is 0 Å². The van der Waals surface area contributed by atoms with Gasteiger partial charge < -0.3 is 9.64 Å². The molecule has 0 unspecified atom stereocenters. The van der Waals surface area contributed by atoms with Crippen LogP contribution in [0.25, 0.3) is 0 Å². The average molecular weight is 169 g/mol. The van der Waals surface area contributed by atoms with Gasteiger partial charge >= 0.3 is 6.09 Å². The highest BCUT2D eigenvalue weighted by atomic mass is 16.6. The van der Waals surface area contributed by atoms with E-state index in [4.69, 9.17) is 4.74 Å². The molecular formula is C9H15NO2. The number of fused-ring (bicyclic) bond motifs is 1. The third kappa shape index (κ3) is 1.28. The van der Waals surface area contributed by atoms with Crippen molar-refractivity contribution in [1.29, 1.82) is 0 Å². The summed E-state index contributed by atoms with van der Waals surface area (Å²) < 4.78 is 5.14. The Labute approximate surface area is 72.7 Å². The van der Waals surface area contributed by atoms with Gasteiger partial charge in [0.05, 0.1) is 0 Å². The van der Waals surface area contributed by atoms with Gasteiger partial charge in [0.2, 0.25) is 0 Å². The fourth-order valence-electron chi connectivity index (χ4n) is 2.16. The van der Waals surface area contributed by atoms with Crippen molar-refractivity contribution in [1.82, 2.24) is 4.90 Å². The summed E-state index contributed by atoms with van der Waals surface area (Å²) in [6, 6.07) is 0.468. The van der Waals surface area contributed by atoms with Gasteiger partial charge in [-0.15, -0.1) is 0 Å². The molecule has 2 fully saturated rings. The Morgan fingerprint density at radius 1 is 1.50 bits per heavy atom. The number of nitrogens with zero attached hydrogens (tertiary/aromatic N) is 1. The number of carbonyl (C=O) groups is 1. The summed E-state index contributed by atoms with van der Waals surface area (Å²) in [7, 11) is 0. The van der Waals surface area contributed by atoms with Crippen LogP contribution < -0.4 is 0 Å². The Kier molecular flexibility index (Phi) is 1.95. The first-order valence-electron chi connectivity index (χ1n) is 4.74. The molecule has 3 heteroatoms. The van der Waals surface area contributed by atoms with Crippen LogP contribution in [0.15, 0.2) is 0 Å². The number of cyclic esters (lactones) is 1. The summed E-state index contributed by atoms with van der Waals surface area (Å²) in [5.74, 6) is 0. The minimum Gasteiger partial charge on any atom is -0.446 e. The van der Waals surface area contributed by atoms with Gasteiger partial charge in [0, 0.05) is 19.0 Å². The second kappa shape index (κ2) is 2.96. The smallest absolute Gasteiger partial charge is 0.410 e. The van der Waals surface area contributed by atoms with Gasteiger partial charge in [-0.1, -0.05) is 0 Å². The van der Waals surface area contributed by atoms with Crippen LogP contribution in [0.5, 0.6) is 0 Å². The molecule has 0 spiro atoms. The van der Waals surface area contributed by atoms with Gasteiger partial charge in [0.1, 0.15) is 6.10 Å². The van der Waals surface area contributed by atoms with Crippen LogP contribution in [-0.4, -0.2) is 29.7 Å². The van der Waals surface area contributed by atoms with Crippen molar-refractivity contribution in [2.75, 3.05) is 6.54 Å². The van der Waals surface area contributed by atoms with E-state index in [1.807, 2.05) is 11.8 Å². The maximum Gasteiger partial charge on any atom is 0.410 e. The largest absolute Gasteiger partial charge is 0.446 e. The standard InChI is InChI=1S/C9H15NO2/c1-7-6-8-4-2-3-5-10(8)9(11)12-7/h7-8H,2-6H2,1H3/t7-,8-/m1/s1. The molecule has 2 rings (SSSR count). The fourth-order valence-corrected chi connectivity index (χ4v) is 2.16. The molecule has 0 N–H and O–H groups in total. The predicted octanol–water partition coefficient (Wildman–Crippen LogP) is 1.77. The van der Waals surface area contributed by atoms with Crippen molar-refractivity contribution in [3.05, 3.63) is 0 Å². The Morgan fingerprint density at radius 3 is 3.17 bits per heavy atom. The van der Waals surface area contributed by atoms with Crippen molar-refractivity contribution < 1.29 is 9.53 Å². The number of carbonyl (C=O) groups excluding carboxylic acids is 1. The van der Waals surface area contributed by atoms with Crippen molar-refractivity contribution in [3.8, 4) is 0 Å². The number of hydrogen-bond acceptors (Lipinski definition) is 2. The van der Waals surface area contributed by atoms with E-state index in [-0.39, 0.29) is 12.2 Å². The van der Waals surface area contributed by atoms with E-state index in [1.54, 1.807) is 0 Å². The van der Waals surface area contributed by atoms with Crippen LogP contribution in [0.3, 0.4) is 0 Å². The highest BCUT2D eigenvalue weighted by Crippen LogP contribution is 2.26. The van der Waals surface area contributed by atoms with Crippen molar-refractivity contribution in [2.45, 2.75) is 44.8 Å². The molecule has 2 saturated heterocycles. The molecule has 0 aromatic rings. The molecule has 68 valence electrons. The van der Waals surface area contributed by atoms with Crippen molar-refractivity contribution in [3.63, 3.8) is 0 Å². The Bertz CT molecular complexity index is 193. The highest BCUT2D eigenvalue weighted by Gasteiger charge is 2.34. The number of hydrogen-bond donors (Lipinski definition) is 0. The summed E-state index contributed by atoms with van der Waals surface area (Å²) >= 11 is 0. The molecule has 0 aliphatic carbocycles. The Hall–Kier alpha value is -0.730. The summed E-state index contributed by atoms with van der Waals surface area (Å²) in [5, 5.41) is 0. The molecule has 2 aliphatic rings. The molecular weight excluding hydrogens is 154 g/mol. The first-order valence-corrected chi connectivity index (χ1v) is 4.74. The number of amides is 1. The zero-order valence-electron chi connectivity index (χ0n) is 7.45. The quantitative estimate of drug-likeness (QED) is 0.553.